The van der Waals surface area contributed by atoms with Crippen molar-refractivity contribution in [2.45, 2.75) is 39.8 Å². The molecule has 1 atom stereocenters. The van der Waals surface area contributed by atoms with Gasteiger partial charge in [0.2, 0.25) is 0 Å². The molecule has 5 nitrogen and oxygen atoms in total. The second-order valence-electron chi connectivity index (χ2n) is 5.07. The molecule has 0 saturated heterocycles. The van der Waals surface area contributed by atoms with E-state index in [1.54, 1.807) is 30.0 Å². The third kappa shape index (κ3) is 5.10. The molecule has 0 spiro atoms. The van der Waals surface area contributed by atoms with E-state index in [4.69, 9.17) is 16.3 Å². The van der Waals surface area contributed by atoms with Crippen molar-refractivity contribution in [2.75, 3.05) is 18.5 Å². The molecule has 0 aliphatic rings. The zero-order valence-corrected chi connectivity index (χ0v) is 13.6. The lowest BCUT2D eigenvalue weighted by atomic mass is 10.2. The van der Waals surface area contributed by atoms with Crippen LogP contribution in [0, 0.1) is 0 Å². The molecule has 0 aliphatic carbocycles. The van der Waals surface area contributed by atoms with Gasteiger partial charge in [0.1, 0.15) is 0 Å². The Morgan fingerprint density at radius 3 is 2.62 bits per heavy atom. The molecule has 118 valence electrons. The average Bonchev–Trinajstić information content (AvgIpc) is 2.39. The van der Waals surface area contributed by atoms with Crippen LogP contribution in [0.15, 0.2) is 18.2 Å². The predicted molar refractivity (Wildman–Crippen MR) is 85.2 cm³/mol. The van der Waals surface area contributed by atoms with Crippen LogP contribution in [0.3, 0.4) is 0 Å². The first-order valence-electron chi connectivity index (χ1n) is 7.03. The van der Waals surface area contributed by atoms with Crippen molar-refractivity contribution in [1.82, 2.24) is 4.90 Å². The van der Waals surface area contributed by atoms with E-state index in [9.17, 15) is 9.90 Å². The highest BCUT2D eigenvalue weighted by Crippen LogP contribution is 2.33. The Morgan fingerprint density at radius 1 is 1.43 bits per heavy atom. The Bertz CT molecular complexity index is 478. The number of ether oxygens (including phenoxy) is 1. The summed E-state index contributed by atoms with van der Waals surface area (Å²) in [6.45, 7) is 7.99. The van der Waals surface area contributed by atoms with Gasteiger partial charge >= 0.3 is 6.03 Å². The second kappa shape index (κ2) is 8.10. The fraction of sp³-hybridized carbons (Fsp3) is 0.533. The minimum atomic E-state index is -0.594. The summed E-state index contributed by atoms with van der Waals surface area (Å²) in [6, 6.07) is 4.85. The summed E-state index contributed by atoms with van der Waals surface area (Å²) in [4.78, 5) is 13.9. The number of rotatable bonds is 6. The molecule has 0 heterocycles. The van der Waals surface area contributed by atoms with Crippen LogP contribution in [-0.2, 0) is 0 Å². The van der Waals surface area contributed by atoms with Crippen molar-refractivity contribution < 1.29 is 14.6 Å². The molecule has 6 heteroatoms. The lowest BCUT2D eigenvalue weighted by Crippen LogP contribution is -2.43. The molecule has 1 rings (SSSR count). The number of nitrogens with one attached hydrogen (secondary N) is 1. The molecular formula is C15H23ClN2O3. The first-order chi connectivity index (χ1) is 9.86. The molecular weight excluding hydrogens is 292 g/mol. The molecule has 0 aliphatic heterocycles. The molecule has 0 aromatic heterocycles. The van der Waals surface area contributed by atoms with E-state index < -0.39 is 6.10 Å². The Hall–Kier alpha value is -1.46. The zero-order valence-electron chi connectivity index (χ0n) is 12.9. The van der Waals surface area contributed by atoms with E-state index in [0.29, 0.717) is 23.1 Å². The van der Waals surface area contributed by atoms with Gasteiger partial charge in [-0.1, -0.05) is 17.7 Å². The zero-order chi connectivity index (χ0) is 16.0. The maximum absolute atomic E-state index is 12.4. The Labute approximate surface area is 130 Å². The maximum Gasteiger partial charge on any atom is 0.322 e. The monoisotopic (exact) mass is 314 g/mol. The highest BCUT2D eigenvalue weighted by Gasteiger charge is 2.20. The lowest BCUT2D eigenvalue weighted by Gasteiger charge is -2.28. The Kier molecular flexibility index (Phi) is 6.78. The lowest BCUT2D eigenvalue weighted by molar-refractivity contribution is 0.125. The minimum Gasteiger partial charge on any atom is -0.490 e. The first kappa shape index (κ1) is 17.6. The van der Waals surface area contributed by atoms with Crippen molar-refractivity contribution in [3.05, 3.63) is 23.2 Å². The van der Waals surface area contributed by atoms with Gasteiger partial charge in [-0.2, -0.15) is 0 Å². The minimum absolute atomic E-state index is 0.0330. The number of para-hydroxylation sites is 1. The van der Waals surface area contributed by atoms with Gasteiger partial charge in [0.05, 0.1) is 23.4 Å². The van der Waals surface area contributed by atoms with E-state index in [2.05, 4.69) is 5.32 Å². The number of carbonyl (C=O) groups is 1. The number of amides is 2. The van der Waals surface area contributed by atoms with Gasteiger partial charge in [-0.15, -0.1) is 0 Å². The number of benzene rings is 1. The summed E-state index contributed by atoms with van der Waals surface area (Å²) in [5, 5.41) is 12.7. The molecule has 0 bridgehead atoms. The van der Waals surface area contributed by atoms with Gasteiger partial charge in [0, 0.05) is 12.6 Å². The number of aliphatic hydroxyl groups excluding tert-OH is 1. The van der Waals surface area contributed by atoms with Crippen LogP contribution in [0.25, 0.3) is 0 Å². The van der Waals surface area contributed by atoms with Crippen LogP contribution >= 0.6 is 11.6 Å². The number of nitrogens with zero attached hydrogens (tertiary/aromatic N) is 1. The SMILES string of the molecule is CCOc1c(Cl)cccc1NC(=O)N(CC(C)O)C(C)C. The van der Waals surface area contributed by atoms with E-state index in [0.717, 1.165) is 0 Å². The maximum atomic E-state index is 12.4. The third-order valence-electron chi connectivity index (χ3n) is 2.84. The number of carbonyl (C=O) groups excluding carboxylic acids is 1. The second-order valence-corrected chi connectivity index (χ2v) is 5.48. The fourth-order valence-corrected chi connectivity index (χ4v) is 2.13. The van der Waals surface area contributed by atoms with Crippen LogP contribution in [0.5, 0.6) is 5.75 Å². The summed E-state index contributed by atoms with van der Waals surface area (Å²) >= 11 is 6.09. The number of halogens is 1. The molecule has 21 heavy (non-hydrogen) atoms. The predicted octanol–water partition coefficient (Wildman–Crippen LogP) is 3.36. The third-order valence-corrected chi connectivity index (χ3v) is 3.14. The molecule has 0 radical (unpaired) electrons. The molecule has 2 N–H and O–H groups in total. The summed E-state index contributed by atoms with van der Waals surface area (Å²) in [6.07, 6.45) is -0.594. The number of aliphatic hydroxyl groups is 1. The quantitative estimate of drug-likeness (QED) is 0.846. The Balaban J connectivity index is 2.93. The summed E-state index contributed by atoms with van der Waals surface area (Å²) in [5.41, 5.74) is 0.519. The van der Waals surface area contributed by atoms with Gasteiger partial charge in [-0.3, -0.25) is 0 Å². The molecule has 1 aromatic rings. The normalized spacial score (nSPS) is 12.1. The van der Waals surface area contributed by atoms with Crippen LogP contribution < -0.4 is 10.1 Å². The first-order valence-corrected chi connectivity index (χ1v) is 7.41. The van der Waals surface area contributed by atoms with E-state index in [1.807, 2.05) is 20.8 Å². The van der Waals surface area contributed by atoms with E-state index in [1.165, 1.54) is 0 Å². The highest BCUT2D eigenvalue weighted by atomic mass is 35.5. The van der Waals surface area contributed by atoms with Gasteiger partial charge in [0.15, 0.2) is 5.75 Å². The van der Waals surface area contributed by atoms with Crippen molar-refractivity contribution >= 4 is 23.3 Å². The van der Waals surface area contributed by atoms with Crippen molar-refractivity contribution in [3.8, 4) is 5.75 Å². The molecule has 0 fully saturated rings. The average molecular weight is 315 g/mol. The highest BCUT2D eigenvalue weighted by molar-refractivity contribution is 6.32. The number of hydrogen-bond acceptors (Lipinski definition) is 3. The van der Waals surface area contributed by atoms with E-state index in [-0.39, 0.29) is 18.6 Å². The van der Waals surface area contributed by atoms with Crippen LogP contribution in [0.1, 0.15) is 27.7 Å². The standard InChI is InChI=1S/C15H23ClN2O3/c1-5-21-14-12(16)7-6-8-13(14)17-15(20)18(10(2)3)9-11(4)19/h6-8,10-11,19H,5,9H2,1-4H3,(H,17,20). The smallest absolute Gasteiger partial charge is 0.322 e. The number of hydrogen-bond donors (Lipinski definition) is 2. The van der Waals surface area contributed by atoms with Crippen molar-refractivity contribution in [3.63, 3.8) is 0 Å². The van der Waals surface area contributed by atoms with Crippen molar-refractivity contribution in [2.24, 2.45) is 0 Å². The van der Waals surface area contributed by atoms with Gasteiger partial charge in [-0.25, -0.2) is 4.79 Å². The van der Waals surface area contributed by atoms with Crippen molar-refractivity contribution in [1.29, 1.82) is 0 Å². The van der Waals surface area contributed by atoms with Crippen LogP contribution in [0.4, 0.5) is 10.5 Å². The van der Waals surface area contributed by atoms with Gasteiger partial charge < -0.3 is 20.1 Å². The largest absolute Gasteiger partial charge is 0.490 e. The topological polar surface area (TPSA) is 61.8 Å². The summed E-state index contributed by atoms with van der Waals surface area (Å²) < 4.78 is 5.48. The molecule has 0 saturated carbocycles. The molecule has 1 aromatic carbocycles. The molecule has 1 unspecified atom stereocenters. The van der Waals surface area contributed by atoms with Crippen LogP contribution in [0.2, 0.25) is 5.02 Å². The molecule has 2 amide bonds. The summed E-state index contributed by atoms with van der Waals surface area (Å²) in [5.74, 6) is 0.454. The van der Waals surface area contributed by atoms with Gasteiger partial charge in [0.25, 0.3) is 0 Å². The number of anilines is 1. The van der Waals surface area contributed by atoms with E-state index >= 15 is 0 Å². The van der Waals surface area contributed by atoms with Gasteiger partial charge in [-0.05, 0) is 39.8 Å². The number of urea groups is 1. The summed E-state index contributed by atoms with van der Waals surface area (Å²) in [7, 11) is 0. The fourth-order valence-electron chi connectivity index (χ4n) is 1.90. The van der Waals surface area contributed by atoms with Crippen LogP contribution in [-0.4, -0.2) is 41.3 Å². The Morgan fingerprint density at radius 2 is 2.10 bits per heavy atom.